The average molecular weight is 394 g/mol. The van der Waals surface area contributed by atoms with Crippen LogP contribution in [-0.2, 0) is 21.2 Å². The van der Waals surface area contributed by atoms with Crippen LogP contribution >= 0.6 is 11.6 Å². The van der Waals surface area contributed by atoms with Crippen LogP contribution in [0.1, 0.15) is 18.5 Å². The fourth-order valence-corrected chi connectivity index (χ4v) is 4.79. The Morgan fingerprint density at radius 1 is 1.23 bits per heavy atom. The van der Waals surface area contributed by atoms with Gasteiger partial charge in [-0.2, -0.15) is 4.31 Å². The Balaban J connectivity index is 1.65. The summed E-state index contributed by atoms with van der Waals surface area (Å²) < 4.78 is 27.0. The molecule has 6 nitrogen and oxygen atoms in total. The van der Waals surface area contributed by atoms with Gasteiger partial charge in [-0.3, -0.25) is 9.78 Å². The number of rotatable bonds is 6. The first-order chi connectivity index (χ1) is 12.5. The molecule has 1 saturated heterocycles. The van der Waals surface area contributed by atoms with Gasteiger partial charge >= 0.3 is 0 Å². The summed E-state index contributed by atoms with van der Waals surface area (Å²) in [7, 11) is -3.73. The molecule has 8 heteroatoms. The molecular weight excluding hydrogens is 374 g/mol. The van der Waals surface area contributed by atoms with Gasteiger partial charge in [-0.15, -0.1) is 0 Å². The van der Waals surface area contributed by atoms with Crippen LogP contribution in [0.25, 0.3) is 0 Å². The molecule has 1 atom stereocenters. The Morgan fingerprint density at radius 2 is 2.00 bits per heavy atom. The van der Waals surface area contributed by atoms with Gasteiger partial charge in [-0.05, 0) is 49.2 Å². The highest BCUT2D eigenvalue weighted by Crippen LogP contribution is 2.27. The van der Waals surface area contributed by atoms with Crippen molar-refractivity contribution in [1.29, 1.82) is 0 Å². The number of carbonyl (C=O) groups excluding carboxylic acids is 1. The maximum absolute atomic E-state index is 12.8. The lowest BCUT2D eigenvalue weighted by Gasteiger charge is -2.23. The third-order valence-corrected chi connectivity index (χ3v) is 6.51. The van der Waals surface area contributed by atoms with Crippen molar-refractivity contribution in [2.75, 3.05) is 13.1 Å². The molecule has 2 heterocycles. The maximum atomic E-state index is 12.8. The van der Waals surface area contributed by atoms with E-state index in [9.17, 15) is 13.2 Å². The minimum absolute atomic E-state index is 0.148. The van der Waals surface area contributed by atoms with E-state index in [0.717, 1.165) is 5.69 Å². The molecule has 1 aliphatic heterocycles. The maximum Gasteiger partial charge on any atom is 0.243 e. The Kier molecular flexibility index (Phi) is 5.90. The van der Waals surface area contributed by atoms with Crippen LogP contribution < -0.4 is 5.32 Å². The van der Waals surface area contributed by atoms with Crippen LogP contribution in [0.15, 0.2) is 53.6 Å². The number of hydrogen-bond donors (Lipinski definition) is 1. The first kappa shape index (κ1) is 18.8. The van der Waals surface area contributed by atoms with Crippen molar-refractivity contribution in [3.8, 4) is 0 Å². The summed E-state index contributed by atoms with van der Waals surface area (Å²) in [6.07, 6.45) is 3.48. The molecule has 1 aromatic carbocycles. The fraction of sp³-hybridized carbons (Fsp3) is 0.333. The predicted molar refractivity (Wildman–Crippen MR) is 99.3 cm³/mol. The molecule has 0 spiro atoms. The van der Waals surface area contributed by atoms with Crippen LogP contribution in [0.4, 0.5) is 0 Å². The zero-order chi connectivity index (χ0) is 18.6. The summed E-state index contributed by atoms with van der Waals surface area (Å²) in [6.45, 7) is 0.754. The van der Waals surface area contributed by atoms with Crippen molar-refractivity contribution in [3.05, 3.63) is 59.4 Å². The Hall–Kier alpha value is -1.96. The van der Waals surface area contributed by atoms with Crippen molar-refractivity contribution in [2.45, 2.75) is 30.2 Å². The molecular formula is C18H20ClN3O3S. The van der Waals surface area contributed by atoms with Gasteiger partial charge in [0, 0.05) is 36.4 Å². The van der Waals surface area contributed by atoms with Gasteiger partial charge < -0.3 is 5.32 Å². The van der Waals surface area contributed by atoms with E-state index in [2.05, 4.69) is 10.3 Å². The van der Waals surface area contributed by atoms with Crippen molar-refractivity contribution in [2.24, 2.45) is 0 Å². The first-order valence-corrected chi connectivity index (χ1v) is 10.3. The topological polar surface area (TPSA) is 79.4 Å². The van der Waals surface area contributed by atoms with Gasteiger partial charge in [-0.25, -0.2) is 8.42 Å². The summed E-state index contributed by atoms with van der Waals surface area (Å²) in [5, 5.41) is 3.30. The molecule has 0 radical (unpaired) electrons. The molecule has 1 fully saturated rings. The SMILES string of the molecule is O=C(NCCc1ccccn1)[C@@H]1CCCN1S(=O)(=O)c1ccc(Cl)cc1. The molecule has 0 aliphatic carbocycles. The van der Waals surface area contributed by atoms with E-state index in [-0.39, 0.29) is 10.8 Å². The highest BCUT2D eigenvalue weighted by atomic mass is 35.5. The minimum Gasteiger partial charge on any atom is -0.354 e. The van der Waals surface area contributed by atoms with Gasteiger partial charge in [0.25, 0.3) is 0 Å². The highest BCUT2D eigenvalue weighted by molar-refractivity contribution is 7.89. The van der Waals surface area contributed by atoms with Crippen LogP contribution in [0.5, 0.6) is 0 Å². The lowest BCUT2D eigenvalue weighted by atomic mass is 10.2. The molecule has 1 aromatic heterocycles. The second-order valence-corrected chi connectivity index (χ2v) is 8.42. The van der Waals surface area contributed by atoms with Crippen LogP contribution in [0.3, 0.4) is 0 Å². The Labute approximate surface area is 158 Å². The third kappa shape index (κ3) is 4.23. The standard InChI is InChI=1S/C18H20ClN3O3S/c19-14-6-8-16(9-7-14)26(24,25)22-13-3-5-17(22)18(23)21-12-10-15-4-1-2-11-20-15/h1-2,4,6-9,11,17H,3,5,10,12-13H2,(H,21,23)/t17-/m0/s1. The first-order valence-electron chi connectivity index (χ1n) is 8.43. The largest absolute Gasteiger partial charge is 0.354 e. The van der Waals surface area contributed by atoms with Crippen LogP contribution in [0.2, 0.25) is 5.02 Å². The van der Waals surface area contributed by atoms with E-state index in [4.69, 9.17) is 11.6 Å². The molecule has 0 bridgehead atoms. The Bertz CT molecular complexity index is 857. The molecule has 26 heavy (non-hydrogen) atoms. The zero-order valence-electron chi connectivity index (χ0n) is 14.1. The van der Waals surface area contributed by atoms with Crippen molar-refractivity contribution < 1.29 is 13.2 Å². The van der Waals surface area contributed by atoms with Crippen molar-refractivity contribution in [1.82, 2.24) is 14.6 Å². The van der Waals surface area contributed by atoms with Crippen LogP contribution in [0, 0.1) is 0 Å². The summed E-state index contributed by atoms with van der Waals surface area (Å²) in [5.41, 5.74) is 0.880. The Morgan fingerprint density at radius 3 is 2.69 bits per heavy atom. The lowest BCUT2D eigenvalue weighted by molar-refractivity contribution is -0.124. The number of hydrogen-bond acceptors (Lipinski definition) is 4. The fourth-order valence-electron chi connectivity index (χ4n) is 3.01. The van der Waals surface area contributed by atoms with Crippen molar-refractivity contribution >= 4 is 27.5 Å². The van der Waals surface area contributed by atoms with Gasteiger partial charge in [0.15, 0.2) is 0 Å². The number of aromatic nitrogens is 1. The van der Waals surface area contributed by atoms with E-state index >= 15 is 0 Å². The number of carbonyl (C=O) groups is 1. The summed E-state index contributed by atoms with van der Waals surface area (Å²) in [4.78, 5) is 16.9. The van der Waals surface area contributed by atoms with Crippen LogP contribution in [-0.4, -0.2) is 42.7 Å². The van der Waals surface area contributed by atoms with Crippen molar-refractivity contribution in [3.63, 3.8) is 0 Å². The smallest absolute Gasteiger partial charge is 0.243 e. The monoisotopic (exact) mass is 393 g/mol. The molecule has 3 rings (SSSR count). The molecule has 0 saturated carbocycles. The van der Waals surface area contributed by atoms with E-state index in [1.165, 1.54) is 28.6 Å². The number of halogens is 1. The van der Waals surface area contributed by atoms with Gasteiger partial charge in [0.05, 0.1) is 4.90 Å². The summed E-state index contributed by atoms with van der Waals surface area (Å²) >= 11 is 5.83. The van der Waals surface area contributed by atoms with Gasteiger partial charge in [-0.1, -0.05) is 17.7 Å². The number of pyridine rings is 1. The third-order valence-electron chi connectivity index (χ3n) is 4.33. The molecule has 2 aromatic rings. The average Bonchev–Trinajstić information content (AvgIpc) is 3.14. The quantitative estimate of drug-likeness (QED) is 0.816. The second-order valence-electron chi connectivity index (χ2n) is 6.09. The number of nitrogens with one attached hydrogen (secondary N) is 1. The lowest BCUT2D eigenvalue weighted by Crippen LogP contribution is -2.46. The number of nitrogens with zero attached hydrogens (tertiary/aromatic N) is 2. The second kappa shape index (κ2) is 8.16. The minimum atomic E-state index is -3.73. The summed E-state index contributed by atoms with van der Waals surface area (Å²) in [6, 6.07) is 10.9. The highest BCUT2D eigenvalue weighted by Gasteiger charge is 2.39. The molecule has 1 aliphatic rings. The molecule has 1 N–H and O–H groups in total. The van der Waals surface area contributed by atoms with Gasteiger partial charge in [0.2, 0.25) is 15.9 Å². The number of amides is 1. The molecule has 1 amide bonds. The van der Waals surface area contributed by atoms with Gasteiger partial charge in [0.1, 0.15) is 6.04 Å². The van der Waals surface area contributed by atoms with E-state index < -0.39 is 16.1 Å². The van der Waals surface area contributed by atoms with E-state index in [1.54, 1.807) is 6.20 Å². The zero-order valence-corrected chi connectivity index (χ0v) is 15.7. The van der Waals surface area contributed by atoms with E-state index in [1.807, 2.05) is 18.2 Å². The molecule has 138 valence electrons. The number of benzene rings is 1. The van der Waals surface area contributed by atoms with E-state index in [0.29, 0.717) is 37.4 Å². The summed E-state index contributed by atoms with van der Waals surface area (Å²) in [5.74, 6) is -0.268. The molecule has 0 unspecified atom stereocenters. The number of sulfonamides is 1. The predicted octanol–water partition coefficient (Wildman–Crippen LogP) is 2.25. The normalized spacial score (nSPS) is 18.0.